The summed E-state index contributed by atoms with van der Waals surface area (Å²) in [4.78, 5) is 8.64. The molecular weight excluding hydrogens is 470 g/mol. The quantitative estimate of drug-likeness (QED) is 0.421. The molecule has 0 bridgehead atoms. The van der Waals surface area contributed by atoms with E-state index in [1.54, 1.807) is 60.3 Å². The van der Waals surface area contributed by atoms with Crippen LogP contribution in [0.1, 0.15) is 5.56 Å². The maximum Gasteiger partial charge on any atom is 0.264 e. The molecule has 4 rings (SSSR count). The highest BCUT2D eigenvalue weighted by Crippen LogP contribution is 2.32. The SMILES string of the molecule is Cc1ccc(S(=O)(=O)N(C)c2ccc(Oc3ncnc4c3c(Br)nn4C)cc2)cc1. The molecule has 0 fully saturated rings. The fraction of sp³-hybridized carbons (Fsp3) is 0.150. The average Bonchev–Trinajstić information content (AvgIpc) is 3.03. The third-order valence-electron chi connectivity index (χ3n) is 4.64. The van der Waals surface area contributed by atoms with Crippen LogP contribution in [0.15, 0.2) is 64.4 Å². The summed E-state index contributed by atoms with van der Waals surface area (Å²) < 4.78 is 35.1. The second kappa shape index (κ2) is 7.69. The Labute approximate surface area is 182 Å². The summed E-state index contributed by atoms with van der Waals surface area (Å²) in [6.45, 7) is 1.91. The van der Waals surface area contributed by atoms with Crippen LogP contribution in [0.5, 0.6) is 11.6 Å². The van der Waals surface area contributed by atoms with E-state index >= 15 is 0 Å². The van der Waals surface area contributed by atoms with E-state index in [-0.39, 0.29) is 4.90 Å². The first-order valence-corrected chi connectivity index (χ1v) is 11.2. The van der Waals surface area contributed by atoms with Gasteiger partial charge in [0.1, 0.15) is 22.1 Å². The van der Waals surface area contributed by atoms with Crippen molar-refractivity contribution in [1.82, 2.24) is 19.7 Å². The monoisotopic (exact) mass is 487 g/mol. The molecule has 154 valence electrons. The fourth-order valence-corrected chi connectivity index (χ4v) is 4.72. The molecule has 30 heavy (non-hydrogen) atoms. The van der Waals surface area contributed by atoms with Crippen LogP contribution in [0.2, 0.25) is 0 Å². The fourth-order valence-electron chi connectivity index (χ4n) is 2.94. The smallest absolute Gasteiger partial charge is 0.264 e. The van der Waals surface area contributed by atoms with Gasteiger partial charge in [0.15, 0.2) is 5.65 Å². The van der Waals surface area contributed by atoms with Gasteiger partial charge in [-0.15, -0.1) is 0 Å². The van der Waals surface area contributed by atoms with Gasteiger partial charge in [0.25, 0.3) is 10.0 Å². The van der Waals surface area contributed by atoms with E-state index in [0.717, 1.165) is 5.56 Å². The molecule has 10 heteroatoms. The van der Waals surface area contributed by atoms with Gasteiger partial charge in [-0.05, 0) is 59.3 Å². The molecule has 0 spiro atoms. The molecule has 0 aliphatic carbocycles. The summed E-state index contributed by atoms with van der Waals surface area (Å²) in [7, 11) is -0.357. The van der Waals surface area contributed by atoms with Gasteiger partial charge >= 0.3 is 0 Å². The van der Waals surface area contributed by atoms with Crippen LogP contribution in [0, 0.1) is 6.92 Å². The first-order chi connectivity index (χ1) is 14.3. The first kappa shape index (κ1) is 20.3. The minimum absolute atomic E-state index is 0.237. The van der Waals surface area contributed by atoms with Crippen molar-refractivity contribution in [3.8, 4) is 11.6 Å². The maximum atomic E-state index is 12.9. The molecule has 0 radical (unpaired) electrons. The van der Waals surface area contributed by atoms with Gasteiger partial charge in [0.2, 0.25) is 5.88 Å². The third-order valence-corrected chi connectivity index (χ3v) is 6.99. The van der Waals surface area contributed by atoms with Crippen LogP contribution in [0.4, 0.5) is 5.69 Å². The largest absolute Gasteiger partial charge is 0.438 e. The Kier molecular flexibility index (Phi) is 5.20. The lowest BCUT2D eigenvalue weighted by atomic mass is 10.2. The average molecular weight is 488 g/mol. The molecular formula is C20H18BrN5O3S. The molecule has 0 aliphatic rings. The molecule has 2 heterocycles. The van der Waals surface area contributed by atoms with Crippen LogP contribution in [0.25, 0.3) is 11.0 Å². The van der Waals surface area contributed by atoms with E-state index in [4.69, 9.17) is 4.74 Å². The van der Waals surface area contributed by atoms with E-state index in [1.165, 1.54) is 17.7 Å². The van der Waals surface area contributed by atoms with E-state index < -0.39 is 10.0 Å². The minimum atomic E-state index is -3.66. The number of ether oxygens (including phenoxy) is 1. The van der Waals surface area contributed by atoms with Crippen molar-refractivity contribution in [2.24, 2.45) is 7.05 Å². The number of aromatic nitrogens is 4. The Hall–Kier alpha value is -2.98. The number of fused-ring (bicyclic) bond motifs is 1. The zero-order chi connectivity index (χ0) is 21.5. The van der Waals surface area contributed by atoms with Crippen LogP contribution in [-0.2, 0) is 17.1 Å². The number of hydrogen-bond acceptors (Lipinski definition) is 6. The Morgan fingerprint density at radius 1 is 1.03 bits per heavy atom. The van der Waals surface area contributed by atoms with Gasteiger partial charge in [-0.25, -0.2) is 23.1 Å². The van der Waals surface area contributed by atoms with Crippen molar-refractivity contribution in [3.05, 3.63) is 65.0 Å². The minimum Gasteiger partial charge on any atom is -0.438 e. The zero-order valence-electron chi connectivity index (χ0n) is 16.4. The molecule has 0 saturated carbocycles. The van der Waals surface area contributed by atoms with E-state index in [9.17, 15) is 8.42 Å². The molecule has 8 nitrogen and oxygen atoms in total. The highest BCUT2D eigenvalue weighted by atomic mass is 79.9. The molecule has 0 unspecified atom stereocenters. The summed E-state index contributed by atoms with van der Waals surface area (Å²) in [5, 5.41) is 4.92. The van der Waals surface area contributed by atoms with Gasteiger partial charge in [-0.1, -0.05) is 17.7 Å². The lowest BCUT2D eigenvalue weighted by Gasteiger charge is -2.20. The number of benzene rings is 2. The second-order valence-electron chi connectivity index (χ2n) is 6.67. The van der Waals surface area contributed by atoms with Crippen molar-refractivity contribution in [2.75, 3.05) is 11.4 Å². The standard InChI is InChI=1S/C20H18BrN5O3S/c1-13-4-10-16(11-5-13)30(27,28)26(3)14-6-8-15(9-7-14)29-20-17-18(21)24-25(2)19(17)22-12-23-20/h4-12H,1-3H3. The van der Waals surface area contributed by atoms with Gasteiger partial charge < -0.3 is 4.74 Å². The van der Waals surface area contributed by atoms with Gasteiger partial charge in [-0.2, -0.15) is 5.10 Å². The lowest BCUT2D eigenvalue weighted by Crippen LogP contribution is -2.26. The second-order valence-corrected chi connectivity index (χ2v) is 9.39. The normalized spacial score (nSPS) is 11.6. The van der Waals surface area contributed by atoms with Gasteiger partial charge in [-0.3, -0.25) is 4.31 Å². The molecule has 2 aromatic heterocycles. The third kappa shape index (κ3) is 3.63. The van der Waals surface area contributed by atoms with Gasteiger partial charge in [0, 0.05) is 14.1 Å². The first-order valence-electron chi connectivity index (χ1n) is 8.94. The summed E-state index contributed by atoms with van der Waals surface area (Å²) in [6, 6.07) is 13.5. The maximum absolute atomic E-state index is 12.9. The highest BCUT2D eigenvalue weighted by molar-refractivity contribution is 9.10. The predicted octanol–water partition coefficient (Wildman–Crippen LogP) is 4.05. The van der Waals surface area contributed by atoms with Crippen molar-refractivity contribution in [1.29, 1.82) is 0 Å². The molecule has 4 aromatic rings. The topological polar surface area (TPSA) is 90.2 Å². The summed E-state index contributed by atoms with van der Waals surface area (Å²) in [5.41, 5.74) is 2.14. The summed E-state index contributed by atoms with van der Waals surface area (Å²) in [6.07, 6.45) is 1.40. The number of halogens is 1. The van der Waals surface area contributed by atoms with Crippen molar-refractivity contribution < 1.29 is 13.2 Å². The summed E-state index contributed by atoms with van der Waals surface area (Å²) >= 11 is 3.40. The number of nitrogens with zero attached hydrogens (tertiary/aromatic N) is 5. The van der Waals surface area contributed by atoms with Crippen LogP contribution >= 0.6 is 15.9 Å². The van der Waals surface area contributed by atoms with E-state index in [1.807, 2.05) is 6.92 Å². The number of hydrogen-bond donors (Lipinski definition) is 0. The van der Waals surface area contributed by atoms with Crippen molar-refractivity contribution >= 4 is 42.7 Å². The van der Waals surface area contributed by atoms with E-state index in [0.29, 0.717) is 33.0 Å². The summed E-state index contributed by atoms with van der Waals surface area (Å²) in [5.74, 6) is 0.865. The predicted molar refractivity (Wildman–Crippen MR) is 117 cm³/mol. The van der Waals surface area contributed by atoms with Gasteiger partial charge in [0.05, 0.1) is 10.6 Å². The molecule has 0 saturated heterocycles. The molecule has 0 N–H and O–H groups in total. The molecule has 2 aromatic carbocycles. The number of rotatable bonds is 5. The highest BCUT2D eigenvalue weighted by Gasteiger charge is 2.21. The Morgan fingerprint density at radius 3 is 2.37 bits per heavy atom. The van der Waals surface area contributed by atoms with Crippen LogP contribution < -0.4 is 9.04 Å². The zero-order valence-corrected chi connectivity index (χ0v) is 18.8. The van der Waals surface area contributed by atoms with Crippen molar-refractivity contribution in [3.63, 3.8) is 0 Å². The lowest BCUT2D eigenvalue weighted by molar-refractivity contribution is 0.468. The molecule has 0 aliphatic heterocycles. The Morgan fingerprint density at radius 2 is 1.70 bits per heavy atom. The van der Waals surface area contributed by atoms with Crippen LogP contribution in [0.3, 0.4) is 0 Å². The van der Waals surface area contributed by atoms with Crippen molar-refractivity contribution in [2.45, 2.75) is 11.8 Å². The number of aryl methyl sites for hydroxylation is 2. The Bertz CT molecular complexity index is 1320. The van der Waals surface area contributed by atoms with E-state index in [2.05, 4.69) is 31.0 Å². The van der Waals surface area contributed by atoms with Crippen LogP contribution in [-0.4, -0.2) is 35.2 Å². The Balaban J connectivity index is 1.60. The molecule has 0 atom stereocenters. The number of sulfonamides is 1. The molecule has 0 amide bonds. The number of anilines is 1.